The van der Waals surface area contributed by atoms with Crippen LogP contribution in [-0.2, 0) is 6.42 Å². The number of aromatic nitrogens is 3. The van der Waals surface area contributed by atoms with Crippen LogP contribution >= 0.6 is 35.6 Å². The average molecular weight is 515 g/mol. The van der Waals surface area contributed by atoms with Crippen LogP contribution in [0, 0.1) is 0 Å². The fourth-order valence-electron chi connectivity index (χ4n) is 2.63. The summed E-state index contributed by atoms with van der Waals surface area (Å²) >= 11 is 6.28. The Labute approximate surface area is 186 Å². The summed E-state index contributed by atoms with van der Waals surface area (Å²) in [5.41, 5.74) is 1.03. The monoisotopic (exact) mass is 514 g/mol. The third-order valence-corrected chi connectivity index (χ3v) is 4.31. The third kappa shape index (κ3) is 5.96. The van der Waals surface area contributed by atoms with Crippen LogP contribution in [0.25, 0.3) is 11.6 Å². The predicted octanol–water partition coefficient (Wildman–Crippen LogP) is 4.19. The summed E-state index contributed by atoms with van der Waals surface area (Å²) in [4.78, 5) is 9.04. The van der Waals surface area contributed by atoms with Crippen molar-refractivity contribution in [1.82, 2.24) is 25.8 Å². The second kappa shape index (κ2) is 11.1. The number of rotatable bonds is 7. The number of hydrogen-bond donors (Lipinski definition) is 3. The molecule has 0 bridgehead atoms. The van der Waals surface area contributed by atoms with Crippen molar-refractivity contribution in [2.75, 3.05) is 13.1 Å². The lowest BCUT2D eigenvalue weighted by Crippen LogP contribution is -2.39. The summed E-state index contributed by atoms with van der Waals surface area (Å²) in [6.45, 7) is 5.42. The van der Waals surface area contributed by atoms with E-state index in [1.165, 1.54) is 0 Å². The van der Waals surface area contributed by atoms with Crippen molar-refractivity contribution in [3.05, 3.63) is 59.1 Å². The second-order valence-corrected chi connectivity index (χ2v) is 6.39. The third-order valence-electron chi connectivity index (χ3n) is 3.96. The van der Waals surface area contributed by atoms with Crippen LogP contribution in [0.2, 0.25) is 5.02 Å². The fraction of sp³-hybridized carbons (Fsp3) is 0.316. The average Bonchev–Trinajstić information content (AvgIpc) is 3.34. The number of guanidine groups is 1. The van der Waals surface area contributed by atoms with Crippen molar-refractivity contribution >= 4 is 41.5 Å². The Morgan fingerprint density at radius 1 is 1.29 bits per heavy atom. The van der Waals surface area contributed by atoms with Crippen LogP contribution in [0.4, 0.5) is 0 Å². The molecule has 0 saturated heterocycles. The van der Waals surface area contributed by atoms with E-state index in [1.54, 1.807) is 6.26 Å². The zero-order valence-electron chi connectivity index (χ0n) is 15.8. The number of halogens is 2. The number of benzene rings is 1. The molecule has 0 aliphatic rings. The highest BCUT2D eigenvalue weighted by Crippen LogP contribution is 2.22. The van der Waals surface area contributed by atoms with Gasteiger partial charge in [-0.25, -0.2) is 4.98 Å². The van der Waals surface area contributed by atoms with Crippen LogP contribution < -0.4 is 10.6 Å². The number of H-pyrrole nitrogens is 1. The Kier molecular flexibility index (Phi) is 8.78. The second-order valence-electron chi connectivity index (χ2n) is 5.98. The first-order valence-corrected chi connectivity index (χ1v) is 9.29. The molecule has 1 unspecified atom stereocenters. The Bertz CT molecular complexity index is 880. The highest BCUT2D eigenvalue weighted by molar-refractivity contribution is 14.0. The van der Waals surface area contributed by atoms with E-state index >= 15 is 0 Å². The van der Waals surface area contributed by atoms with E-state index in [1.807, 2.05) is 43.3 Å². The molecule has 7 nitrogen and oxygen atoms in total. The van der Waals surface area contributed by atoms with Gasteiger partial charge in [0.15, 0.2) is 11.7 Å². The molecule has 0 spiro atoms. The highest BCUT2D eigenvalue weighted by atomic mass is 127. The molecule has 0 amide bonds. The van der Waals surface area contributed by atoms with Gasteiger partial charge in [-0.1, -0.05) is 29.8 Å². The summed E-state index contributed by atoms with van der Waals surface area (Å²) in [6.07, 6.45) is 2.24. The zero-order valence-corrected chi connectivity index (χ0v) is 18.9. The first-order chi connectivity index (χ1) is 13.2. The first kappa shape index (κ1) is 22.2. The molecular formula is C19H24ClIN6O. The van der Waals surface area contributed by atoms with Gasteiger partial charge in [-0.2, -0.15) is 5.10 Å². The van der Waals surface area contributed by atoms with Gasteiger partial charge in [0.25, 0.3) is 0 Å². The number of nitrogens with one attached hydrogen (secondary N) is 3. The minimum atomic E-state index is 0. The van der Waals surface area contributed by atoms with Crippen molar-refractivity contribution in [3.63, 3.8) is 0 Å². The topological polar surface area (TPSA) is 91.1 Å². The van der Waals surface area contributed by atoms with Crippen molar-refractivity contribution in [2.45, 2.75) is 26.3 Å². The SMILES string of the molecule is CCNC(=NCCc1nc(-c2ccco2)n[nH]1)NC(C)c1ccccc1Cl.I. The standard InChI is InChI=1S/C19H23ClN6O.HI/c1-3-21-19(23-13(2)14-7-4-5-8-15(14)20)22-11-10-17-24-18(26-25-17)16-9-6-12-27-16;/h4-9,12-13H,3,10-11H2,1-2H3,(H2,21,22,23)(H,24,25,26);1H. The van der Waals surface area contributed by atoms with Gasteiger partial charge in [0.1, 0.15) is 5.82 Å². The molecule has 0 aliphatic heterocycles. The Hall–Kier alpha value is -2.07. The maximum Gasteiger partial charge on any atom is 0.216 e. The van der Waals surface area contributed by atoms with Crippen molar-refractivity contribution in [1.29, 1.82) is 0 Å². The quantitative estimate of drug-likeness (QED) is 0.250. The molecule has 9 heteroatoms. The summed E-state index contributed by atoms with van der Waals surface area (Å²) in [5.74, 6) is 2.69. The van der Waals surface area contributed by atoms with Gasteiger partial charge in [-0.05, 0) is 37.6 Å². The zero-order chi connectivity index (χ0) is 19.1. The Balaban J connectivity index is 0.00000280. The number of hydrogen-bond acceptors (Lipinski definition) is 4. The molecule has 1 atom stereocenters. The van der Waals surface area contributed by atoms with Crippen molar-refractivity contribution in [3.8, 4) is 11.6 Å². The van der Waals surface area contributed by atoms with Crippen LogP contribution in [-0.4, -0.2) is 34.2 Å². The molecule has 3 aromatic rings. The molecule has 0 aliphatic carbocycles. The van der Waals surface area contributed by atoms with E-state index in [-0.39, 0.29) is 30.0 Å². The lowest BCUT2D eigenvalue weighted by atomic mass is 10.1. The number of nitrogens with zero attached hydrogens (tertiary/aromatic N) is 3. The fourth-order valence-corrected chi connectivity index (χ4v) is 2.93. The summed E-state index contributed by atoms with van der Waals surface area (Å²) in [5, 5.41) is 14.5. The maximum absolute atomic E-state index is 6.28. The Morgan fingerprint density at radius 2 is 2.11 bits per heavy atom. The summed E-state index contributed by atoms with van der Waals surface area (Å²) in [7, 11) is 0. The molecule has 1 aromatic carbocycles. The van der Waals surface area contributed by atoms with Gasteiger partial charge >= 0.3 is 0 Å². The predicted molar refractivity (Wildman–Crippen MR) is 122 cm³/mol. The molecule has 0 saturated carbocycles. The van der Waals surface area contributed by atoms with Crippen molar-refractivity contribution < 1.29 is 4.42 Å². The van der Waals surface area contributed by atoms with Crippen LogP contribution in [0.1, 0.15) is 31.3 Å². The van der Waals surface area contributed by atoms with Gasteiger partial charge in [0.2, 0.25) is 5.82 Å². The smallest absolute Gasteiger partial charge is 0.216 e. The molecule has 0 fully saturated rings. The van der Waals surface area contributed by atoms with Crippen LogP contribution in [0.15, 0.2) is 52.1 Å². The lowest BCUT2D eigenvalue weighted by molar-refractivity contribution is 0.577. The van der Waals surface area contributed by atoms with E-state index in [0.717, 1.165) is 28.9 Å². The first-order valence-electron chi connectivity index (χ1n) is 8.91. The largest absolute Gasteiger partial charge is 0.461 e. The molecule has 0 radical (unpaired) electrons. The molecule has 2 heterocycles. The lowest BCUT2D eigenvalue weighted by Gasteiger charge is -2.19. The van der Waals surface area contributed by atoms with E-state index < -0.39 is 0 Å². The minimum absolute atomic E-state index is 0. The Morgan fingerprint density at radius 3 is 2.82 bits per heavy atom. The molecule has 3 rings (SSSR count). The van der Waals surface area contributed by atoms with Gasteiger partial charge in [-0.3, -0.25) is 10.1 Å². The van der Waals surface area contributed by atoms with Crippen LogP contribution in [0.5, 0.6) is 0 Å². The van der Waals surface area contributed by atoms with Crippen LogP contribution in [0.3, 0.4) is 0 Å². The molecular weight excluding hydrogens is 491 g/mol. The number of aromatic amines is 1. The normalized spacial score (nSPS) is 12.3. The van der Waals surface area contributed by atoms with Gasteiger partial charge < -0.3 is 15.1 Å². The number of furan rings is 1. The minimum Gasteiger partial charge on any atom is -0.461 e. The highest BCUT2D eigenvalue weighted by Gasteiger charge is 2.11. The van der Waals surface area contributed by atoms with E-state index in [9.17, 15) is 0 Å². The maximum atomic E-state index is 6.28. The van der Waals surface area contributed by atoms with Crippen molar-refractivity contribution in [2.24, 2.45) is 4.99 Å². The van der Waals surface area contributed by atoms with E-state index in [0.29, 0.717) is 24.6 Å². The summed E-state index contributed by atoms with van der Waals surface area (Å²) in [6, 6.07) is 11.5. The molecule has 28 heavy (non-hydrogen) atoms. The van der Waals surface area contributed by atoms with Gasteiger partial charge in [0.05, 0.1) is 12.3 Å². The van der Waals surface area contributed by atoms with Gasteiger partial charge in [-0.15, -0.1) is 24.0 Å². The number of aliphatic imine (C=N–C) groups is 1. The molecule has 3 N–H and O–H groups in total. The molecule has 150 valence electrons. The molecule has 2 aromatic heterocycles. The van der Waals surface area contributed by atoms with Gasteiger partial charge in [0, 0.05) is 24.5 Å². The van der Waals surface area contributed by atoms with E-state index in [4.69, 9.17) is 16.0 Å². The summed E-state index contributed by atoms with van der Waals surface area (Å²) < 4.78 is 5.30. The van der Waals surface area contributed by atoms with E-state index in [2.05, 4.69) is 37.7 Å².